The predicted octanol–water partition coefficient (Wildman–Crippen LogP) is -3.73. The molecule has 0 atom stereocenters. The maximum atomic E-state index is 10.1. The Balaban J connectivity index is -0.000000640. The number of hydrogen-bond donors (Lipinski definition) is 5. The summed E-state index contributed by atoms with van der Waals surface area (Å²) in [6.07, 6.45) is -15.1. The molecule has 15 nitrogen and oxygen atoms in total. The van der Waals surface area contributed by atoms with Crippen molar-refractivity contribution in [3.05, 3.63) is 0 Å². The Morgan fingerprint density at radius 2 is 0.773 bits per heavy atom. The molecule has 0 amide bonds. The maximum Gasteiger partial charge on any atom is 1.00 e. The zero-order chi connectivity index (χ0) is 17.2. The van der Waals surface area contributed by atoms with Crippen LogP contribution in [-0.4, -0.2) is 62.5 Å². The molecule has 120 valence electrons. The zero-order valence-corrected chi connectivity index (χ0v) is 13.4. The SMILES string of the molecule is O=C(O)OC(OC(=O)O)(OC(=O)O)OC(=O)O.O=C([O-])O.[K+]. The van der Waals surface area contributed by atoms with Crippen molar-refractivity contribution in [1.82, 2.24) is 0 Å². The van der Waals surface area contributed by atoms with Gasteiger partial charge in [0.05, 0.1) is 0 Å². The molecule has 0 bridgehead atoms. The second kappa shape index (κ2) is 11.6. The van der Waals surface area contributed by atoms with Gasteiger partial charge in [-0.3, -0.25) is 0 Å². The summed E-state index contributed by atoms with van der Waals surface area (Å²) in [6.45, 7) is 0. The molecule has 0 heterocycles. The van der Waals surface area contributed by atoms with E-state index in [4.69, 9.17) is 35.4 Å². The van der Waals surface area contributed by atoms with Crippen LogP contribution in [-0.2, 0) is 18.9 Å². The van der Waals surface area contributed by atoms with E-state index in [1.165, 1.54) is 0 Å². The van der Waals surface area contributed by atoms with Crippen molar-refractivity contribution < 1.29 is 125 Å². The third kappa shape index (κ3) is 16.0. The van der Waals surface area contributed by atoms with Gasteiger partial charge in [-0.15, -0.1) is 0 Å². The standard InChI is InChI=1S/C5H4O12.CH2O3.K/c6-1(7)14-5(15-2(8)9,16-3(10)11)17-4(12)13;2-1(3)4;/h(H,6,7)(H,8,9)(H,10,11)(H,12,13);(H2,2,3,4);/q;;+1/p-1. The van der Waals surface area contributed by atoms with Gasteiger partial charge in [0.1, 0.15) is 0 Å². The van der Waals surface area contributed by atoms with Crippen LogP contribution in [0.4, 0.5) is 24.0 Å². The van der Waals surface area contributed by atoms with Crippen molar-refractivity contribution in [3.63, 3.8) is 0 Å². The fraction of sp³-hybridized carbons (Fsp3) is 0.167. The molecule has 0 aliphatic heterocycles. The summed E-state index contributed by atoms with van der Waals surface area (Å²) in [5.74, 6) is 0. The van der Waals surface area contributed by atoms with Gasteiger partial charge in [0.2, 0.25) is 6.16 Å². The molecule has 5 N–H and O–H groups in total. The molecule has 0 saturated heterocycles. The molecule has 0 radical (unpaired) electrons. The number of carbonyl (C=O) groups is 5. The molecular formula is C6H5KO15. The summed E-state index contributed by atoms with van der Waals surface area (Å²) < 4.78 is 13.9. The van der Waals surface area contributed by atoms with Crippen LogP contribution in [0.3, 0.4) is 0 Å². The quantitative estimate of drug-likeness (QED) is 0.184. The van der Waals surface area contributed by atoms with Gasteiger partial charge in [0, 0.05) is 0 Å². The van der Waals surface area contributed by atoms with E-state index in [0.29, 0.717) is 0 Å². The molecule has 16 heteroatoms. The fourth-order valence-corrected chi connectivity index (χ4v) is 0.553. The summed E-state index contributed by atoms with van der Waals surface area (Å²) >= 11 is 0. The Labute approximate surface area is 161 Å². The summed E-state index contributed by atoms with van der Waals surface area (Å²) in [5.41, 5.74) is 0. The molecule has 0 aromatic carbocycles. The van der Waals surface area contributed by atoms with Crippen LogP contribution in [0.2, 0.25) is 0 Å². The molecule has 0 aliphatic rings. The number of ether oxygens (including phenoxy) is 4. The molecule has 0 aliphatic carbocycles. The van der Waals surface area contributed by atoms with Crippen LogP contribution < -0.4 is 56.5 Å². The van der Waals surface area contributed by atoms with Crippen molar-refractivity contribution in [2.24, 2.45) is 0 Å². The molecule has 0 aromatic heterocycles. The van der Waals surface area contributed by atoms with Gasteiger partial charge in [-0.25, -0.2) is 19.2 Å². The number of rotatable bonds is 4. The Bertz CT molecular complexity index is 354. The minimum atomic E-state index is -3.81. The molecule has 0 rings (SSSR count). The molecule has 0 aromatic rings. The fourth-order valence-electron chi connectivity index (χ4n) is 0.553. The third-order valence-electron chi connectivity index (χ3n) is 0.849. The van der Waals surface area contributed by atoms with Gasteiger partial charge < -0.3 is 54.4 Å². The van der Waals surface area contributed by atoms with E-state index in [0.717, 1.165) is 0 Å². The minimum Gasteiger partial charge on any atom is -0.565 e. The van der Waals surface area contributed by atoms with Crippen LogP contribution in [0.5, 0.6) is 0 Å². The number of hydrogen-bond acceptors (Lipinski definition) is 10. The number of carboxylic acid groups (broad SMARTS) is 6. The Morgan fingerprint density at radius 3 is 0.864 bits per heavy atom. The van der Waals surface area contributed by atoms with Gasteiger partial charge in [0.25, 0.3) is 0 Å². The van der Waals surface area contributed by atoms with E-state index in [9.17, 15) is 19.2 Å². The average Bonchev–Trinajstić information content (AvgIpc) is 2.08. The topological polar surface area (TPSA) is 246 Å². The second-order valence-corrected chi connectivity index (χ2v) is 2.24. The van der Waals surface area contributed by atoms with Crippen molar-refractivity contribution in [2.45, 2.75) is 6.16 Å². The predicted molar refractivity (Wildman–Crippen MR) is 47.2 cm³/mol. The average molecular weight is 356 g/mol. The summed E-state index contributed by atoms with van der Waals surface area (Å²) in [7, 11) is 0. The van der Waals surface area contributed by atoms with Crippen LogP contribution in [0.15, 0.2) is 0 Å². The first kappa shape index (κ1) is 25.0. The van der Waals surface area contributed by atoms with E-state index >= 15 is 0 Å². The van der Waals surface area contributed by atoms with E-state index < -0.39 is 36.9 Å². The molecule has 0 spiro atoms. The summed E-state index contributed by atoms with van der Waals surface area (Å²) in [6, 6.07) is 0. The summed E-state index contributed by atoms with van der Waals surface area (Å²) in [4.78, 5) is 48.9. The molecule has 0 unspecified atom stereocenters. The third-order valence-corrected chi connectivity index (χ3v) is 0.849. The van der Waals surface area contributed by atoms with E-state index in [-0.39, 0.29) is 51.4 Å². The Morgan fingerprint density at radius 1 is 0.636 bits per heavy atom. The monoisotopic (exact) mass is 356 g/mol. The van der Waals surface area contributed by atoms with Gasteiger partial charge >= 0.3 is 82.2 Å². The summed E-state index contributed by atoms with van der Waals surface area (Å²) in [5, 5.41) is 47.9. The molecule has 22 heavy (non-hydrogen) atoms. The van der Waals surface area contributed by atoms with Crippen molar-refractivity contribution in [3.8, 4) is 0 Å². The van der Waals surface area contributed by atoms with Crippen LogP contribution in [0, 0.1) is 0 Å². The van der Waals surface area contributed by atoms with E-state index in [1.807, 2.05) is 0 Å². The first-order valence-corrected chi connectivity index (χ1v) is 3.98. The van der Waals surface area contributed by atoms with Crippen LogP contribution in [0.25, 0.3) is 0 Å². The van der Waals surface area contributed by atoms with Gasteiger partial charge in [-0.05, 0) is 0 Å². The van der Waals surface area contributed by atoms with Gasteiger partial charge in [-0.1, -0.05) is 0 Å². The Hall–Kier alpha value is -2.01. The Kier molecular flexibility index (Phi) is 13.2. The second-order valence-electron chi connectivity index (χ2n) is 2.24. The molecule has 0 saturated carbocycles. The van der Waals surface area contributed by atoms with Crippen LogP contribution >= 0.6 is 0 Å². The molecule has 0 fully saturated rings. The van der Waals surface area contributed by atoms with Crippen molar-refractivity contribution in [1.29, 1.82) is 0 Å². The molecular weight excluding hydrogens is 351 g/mol. The first-order chi connectivity index (χ1) is 9.40. The van der Waals surface area contributed by atoms with Gasteiger partial charge in [0.15, 0.2) is 0 Å². The maximum absolute atomic E-state index is 10.1. The van der Waals surface area contributed by atoms with Crippen LogP contribution in [0.1, 0.15) is 0 Å². The normalized spacial score (nSPS) is 8.73. The minimum absolute atomic E-state index is 0. The van der Waals surface area contributed by atoms with Gasteiger partial charge in [-0.2, -0.15) is 0 Å². The largest absolute Gasteiger partial charge is 1.00 e. The van der Waals surface area contributed by atoms with Crippen molar-refractivity contribution in [2.75, 3.05) is 0 Å². The van der Waals surface area contributed by atoms with Crippen molar-refractivity contribution >= 4 is 30.8 Å². The van der Waals surface area contributed by atoms with E-state index in [1.54, 1.807) is 0 Å². The first-order valence-electron chi connectivity index (χ1n) is 3.98. The van der Waals surface area contributed by atoms with E-state index in [2.05, 4.69) is 18.9 Å². The zero-order valence-electron chi connectivity index (χ0n) is 10.3. The smallest absolute Gasteiger partial charge is 0.565 e.